The van der Waals surface area contributed by atoms with Gasteiger partial charge in [0.15, 0.2) is 0 Å². The molecule has 0 radical (unpaired) electrons. The maximum atomic E-state index is 12.1. The van der Waals surface area contributed by atoms with E-state index in [-0.39, 0.29) is 6.09 Å². The minimum absolute atomic E-state index is 0.137. The molecule has 0 spiro atoms. The van der Waals surface area contributed by atoms with Crippen molar-refractivity contribution in [3.63, 3.8) is 0 Å². The lowest BCUT2D eigenvalue weighted by atomic mass is 9.70. The number of carbonyl (C=O) groups excluding carboxylic acids is 1. The molecule has 0 N–H and O–H groups in total. The summed E-state index contributed by atoms with van der Waals surface area (Å²) in [7, 11) is 0. The van der Waals surface area contributed by atoms with Gasteiger partial charge in [0.25, 0.3) is 0 Å². The Kier molecular flexibility index (Phi) is 6.73. The summed E-state index contributed by atoms with van der Waals surface area (Å²) in [6.45, 7) is 4.18. The van der Waals surface area contributed by atoms with Crippen LogP contribution in [-0.2, 0) is 4.74 Å². The molecule has 1 aliphatic carbocycles. The smallest absolute Gasteiger partial charge is 0.411 e. The average molecular weight is 452 g/mol. The predicted octanol–water partition coefficient (Wildman–Crippen LogP) is 4.29. The molecule has 7 heteroatoms. The van der Waals surface area contributed by atoms with Crippen LogP contribution in [0.25, 0.3) is 0 Å². The molecule has 6 nitrogen and oxygen atoms in total. The monoisotopic (exact) mass is 451 g/mol. The Morgan fingerprint density at radius 3 is 2.57 bits per heavy atom. The molecule has 4 rings (SSSR count). The molecule has 1 saturated carbocycles. The first-order valence-corrected chi connectivity index (χ1v) is 11.4. The van der Waals surface area contributed by atoms with Crippen LogP contribution in [0.5, 0.6) is 5.88 Å². The first-order chi connectivity index (χ1) is 13.7. The number of hydrogen-bond donors (Lipinski definition) is 0. The molecule has 0 atom stereocenters. The number of aromatic nitrogens is 1. The van der Waals surface area contributed by atoms with Crippen molar-refractivity contribution in [2.24, 2.45) is 11.8 Å². The Bertz CT molecular complexity index is 654. The number of likely N-dealkylation sites (tertiary alicyclic amines) is 2. The molecule has 2 aliphatic heterocycles. The Labute approximate surface area is 175 Å². The predicted molar refractivity (Wildman–Crippen MR) is 110 cm³/mol. The van der Waals surface area contributed by atoms with E-state index in [1.54, 1.807) is 6.20 Å². The highest BCUT2D eigenvalue weighted by molar-refractivity contribution is 9.10. The molecule has 0 bridgehead atoms. The van der Waals surface area contributed by atoms with Crippen LogP contribution in [0.4, 0.5) is 4.79 Å². The molecule has 1 aromatic heterocycles. The van der Waals surface area contributed by atoms with Crippen LogP contribution in [0.3, 0.4) is 0 Å². The van der Waals surface area contributed by atoms with Gasteiger partial charge < -0.3 is 14.4 Å². The molecular weight excluding hydrogens is 422 g/mol. The van der Waals surface area contributed by atoms with Gasteiger partial charge in [-0.25, -0.2) is 9.78 Å². The lowest BCUT2D eigenvalue weighted by Gasteiger charge is -2.43. The highest BCUT2D eigenvalue weighted by Gasteiger charge is 2.38. The third kappa shape index (κ3) is 5.17. The molecule has 3 fully saturated rings. The summed E-state index contributed by atoms with van der Waals surface area (Å²) in [5.74, 6) is 2.24. The third-order valence-corrected chi connectivity index (χ3v) is 6.89. The van der Waals surface area contributed by atoms with Crippen molar-refractivity contribution in [3.8, 4) is 5.88 Å². The number of amides is 1. The lowest BCUT2D eigenvalue weighted by molar-refractivity contribution is -0.0114. The Morgan fingerprint density at radius 1 is 1.11 bits per heavy atom. The minimum Gasteiger partial charge on any atom is -0.474 e. The SMILES string of the molecule is O=C(OCN1CCC(C2CC(Oc3cc(Br)ccn3)C2)CC1)N1CCCCC1. The van der Waals surface area contributed by atoms with Crippen molar-refractivity contribution < 1.29 is 14.3 Å². The van der Waals surface area contributed by atoms with Gasteiger partial charge in [-0.1, -0.05) is 15.9 Å². The molecule has 0 unspecified atom stereocenters. The summed E-state index contributed by atoms with van der Waals surface area (Å²) in [5.41, 5.74) is 0. The van der Waals surface area contributed by atoms with Gasteiger partial charge in [-0.3, -0.25) is 4.90 Å². The molecule has 0 aromatic carbocycles. The van der Waals surface area contributed by atoms with Crippen LogP contribution >= 0.6 is 15.9 Å². The maximum Gasteiger partial charge on any atom is 0.411 e. The van der Waals surface area contributed by atoms with Crippen LogP contribution in [-0.4, -0.2) is 59.9 Å². The van der Waals surface area contributed by atoms with Crippen molar-refractivity contribution in [1.29, 1.82) is 0 Å². The lowest BCUT2D eigenvalue weighted by Crippen LogP contribution is -2.44. The van der Waals surface area contributed by atoms with E-state index in [4.69, 9.17) is 9.47 Å². The maximum absolute atomic E-state index is 12.1. The zero-order valence-electron chi connectivity index (χ0n) is 16.4. The van der Waals surface area contributed by atoms with E-state index in [0.29, 0.717) is 18.7 Å². The second-order valence-electron chi connectivity index (χ2n) is 8.33. The van der Waals surface area contributed by atoms with Crippen molar-refractivity contribution in [2.75, 3.05) is 32.9 Å². The van der Waals surface area contributed by atoms with Crippen molar-refractivity contribution >= 4 is 22.0 Å². The fraction of sp³-hybridized carbons (Fsp3) is 0.714. The normalized spacial score (nSPS) is 26.5. The molecule has 2 saturated heterocycles. The first-order valence-electron chi connectivity index (χ1n) is 10.6. The average Bonchev–Trinajstić information content (AvgIpc) is 2.70. The summed E-state index contributed by atoms with van der Waals surface area (Å²) < 4.78 is 12.5. The van der Waals surface area contributed by atoms with Crippen LogP contribution in [0.2, 0.25) is 0 Å². The molecule has 28 heavy (non-hydrogen) atoms. The van der Waals surface area contributed by atoms with E-state index in [2.05, 4.69) is 25.8 Å². The Morgan fingerprint density at radius 2 is 1.86 bits per heavy atom. The molecule has 1 amide bonds. The van der Waals surface area contributed by atoms with E-state index in [9.17, 15) is 4.79 Å². The third-order valence-electron chi connectivity index (χ3n) is 6.40. The summed E-state index contributed by atoms with van der Waals surface area (Å²) in [6, 6.07) is 3.84. The molecule has 3 heterocycles. The van der Waals surface area contributed by atoms with Crippen molar-refractivity contribution in [1.82, 2.24) is 14.8 Å². The Balaban J connectivity index is 1.12. The summed E-state index contributed by atoms with van der Waals surface area (Å²) in [4.78, 5) is 20.5. The number of nitrogens with zero attached hydrogens (tertiary/aromatic N) is 3. The molecule has 1 aromatic rings. The number of pyridine rings is 1. The van der Waals surface area contributed by atoms with Crippen molar-refractivity contribution in [2.45, 2.75) is 51.0 Å². The van der Waals surface area contributed by atoms with Gasteiger partial charge in [-0.05, 0) is 62.8 Å². The largest absolute Gasteiger partial charge is 0.474 e. The number of rotatable bonds is 5. The van der Waals surface area contributed by atoms with Crippen LogP contribution < -0.4 is 4.74 Å². The number of piperidine rings is 2. The Hall–Kier alpha value is -1.34. The van der Waals surface area contributed by atoms with Crippen LogP contribution in [0, 0.1) is 11.8 Å². The van der Waals surface area contributed by atoms with Gasteiger partial charge in [0.05, 0.1) is 0 Å². The molecule has 3 aliphatic rings. The fourth-order valence-electron chi connectivity index (χ4n) is 4.58. The first kappa shape index (κ1) is 20.0. The van der Waals surface area contributed by atoms with E-state index in [0.717, 1.165) is 68.2 Å². The van der Waals surface area contributed by atoms with E-state index < -0.39 is 0 Å². The van der Waals surface area contributed by atoms with E-state index in [1.165, 1.54) is 19.3 Å². The molecule has 154 valence electrons. The summed E-state index contributed by atoms with van der Waals surface area (Å²) in [5, 5.41) is 0. The van der Waals surface area contributed by atoms with Gasteiger partial charge >= 0.3 is 6.09 Å². The summed E-state index contributed by atoms with van der Waals surface area (Å²) >= 11 is 3.46. The summed E-state index contributed by atoms with van der Waals surface area (Å²) in [6.07, 6.45) is 9.99. The number of halogens is 1. The topological polar surface area (TPSA) is 54.9 Å². The highest BCUT2D eigenvalue weighted by atomic mass is 79.9. The quantitative estimate of drug-likeness (QED) is 0.667. The zero-order chi connectivity index (χ0) is 19.3. The van der Waals surface area contributed by atoms with Gasteiger partial charge in [0, 0.05) is 42.9 Å². The zero-order valence-corrected chi connectivity index (χ0v) is 18.0. The van der Waals surface area contributed by atoms with Gasteiger partial charge in [-0.15, -0.1) is 0 Å². The van der Waals surface area contributed by atoms with Gasteiger partial charge in [0.1, 0.15) is 12.8 Å². The second kappa shape index (κ2) is 9.44. The van der Waals surface area contributed by atoms with Crippen molar-refractivity contribution in [3.05, 3.63) is 22.8 Å². The van der Waals surface area contributed by atoms with Gasteiger partial charge in [0.2, 0.25) is 5.88 Å². The van der Waals surface area contributed by atoms with Crippen LogP contribution in [0.15, 0.2) is 22.8 Å². The van der Waals surface area contributed by atoms with Crippen LogP contribution in [0.1, 0.15) is 44.9 Å². The minimum atomic E-state index is -0.137. The highest BCUT2D eigenvalue weighted by Crippen LogP contribution is 2.40. The number of ether oxygens (including phenoxy) is 2. The van der Waals surface area contributed by atoms with E-state index >= 15 is 0 Å². The number of hydrogen-bond acceptors (Lipinski definition) is 5. The number of carbonyl (C=O) groups is 1. The molecular formula is C21H30BrN3O3. The fourth-order valence-corrected chi connectivity index (χ4v) is 4.89. The second-order valence-corrected chi connectivity index (χ2v) is 9.24. The van der Waals surface area contributed by atoms with Gasteiger partial charge in [-0.2, -0.15) is 0 Å². The van der Waals surface area contributed by atoms with E-state index in [1.807, 2.05) is 17.0 Å². The standard InChI is InChI=1S/C21H30BrN3O3/c22-18-4-7-23-20(14-18)28-19-12-17(13-19)16-5-10-24(11-6-16)15-27-21(26)25-8-2-1-3-9-25/h4,7,14,16-17,19H,1-3,5-6,8-13,15H2.